The Morgan fingerprint density at radius 2 is 2.00 bits per heavy atom. The highest BCUT2D eigenvalue weighted by Crippen LogP contribution is 2.45. The highest BCUT2D eigenvalue weighted by atomic mass is 16.5. The number of ketones is 1. The summed E-state index contributed by atoms with van der Waals surface area (Å²) < 4.78 is 5.52. The van der Waals surface area contributed by atoms with Gasteiger partial charge in [0.25, 0.3) is 0 Å². The van der Waals surface area contributed by atoms with Crippen molar-refractivity contribution in [2.45, 2.75) is 52.9 Å². The number of ether oxygens (including phenoxy) is 1. The van der Waals surface area contributed by atoms with E-state index in [-0.39, 0.29) is 5.41 Å². The number of carbonyl (C=O) groups is 1. The maximum Gasteiger partial charge on any atom is 0.169 e. The first-order valence-corrected chi connectivity index (χ1v) is 7.85. The third kappa shape index (κ3) is 3.23. The quantitative estimate of drug-likeness (QED) is 0.691. The molecule has 0 aromatic heterocycles. The van der Waals surface area contributed by atoms with Crippen LogP contribution in [0, 0.1) is 11.3 Å². The van der Waals surface area contributed by atoms with Crippen LogP contribution in [0.4, 0.5) is 0 Å². The van der Waals surface area contributed by atoms with Crippen molar-refractivity contribution < 1.29 is 9.53 Å². The predicted molar refractivity (Wildman–Crippen MR) is 82.3 cm³/mol. The molecule has 110 valence electrons. The molecule has 1 aromatic rings. The Labute approximate surface area is 122 Å². The van der Waals surface area contributed by atoms with Gasteiger partial charge in [-0.2, -0.15) is 0 Å². The number of rotatable bonds is 6. The molecule has 1 aliphatic rings. The number of benzene rings is 1. The molecular formula is C18H26O2. The van der Waals surface area contributed by atoms with Gasteiger partial charge in [-0.3, -0.25) is 4.79 Å². The molecule has 0 atom stereocenters. The topological polar surface area (TPSA) is 26.3 Å². The van der Waals surface area contributed by atoms with Crippen LogP contribution >= 0.6 is 0 Å². The van der Waals surface area contributed by atoms with Crippen LogP contribution in [-0.4, -0.2) is 12.4 Å². The molecule has 2 heteroatoms. The molecule has 0 aliphatic heterocycles. The molecule has 0 bridgehead atoms. The first-order valence-electron chi connectivity index (χ1n) is 7.85. The van der Waals surface area contributed by atoms with E-state index >= 15 is 0 Å². The molecule has 1 fully saturated rings. The van der Waals surface area contributed by atoms with Crippen molar-refractivity contribution in [2.24, 2.45) is 11.3 Å². The van der Waals surface area contributed by atoms with Gasteiger partial charge in [0.15, 0.2) is 5.78 Å². The average Bonchev–Trinajstić information content (AvgIpc) is 2.87. The summed E-state index contributed by atoms with van der Waals surface area (Å²) >= 11 is 0. The molecule has 0 N–H and O–H groups in total. The first-order chi connectivity index (χ1) is 9.57. The summed E-state index contributed by atoms with van der Waals surface area (Å²) in [5, 5.41) is 0. The minimum atomic E-state index is -0.126. The Balaban J connectivity index is 2.25. The van der Waals surface area contributed by atoms with E-state index in [9.17, 15) is 4.79 Å². The third-order valence-corrected chi connectivity index (χ3v) is 4.25. The van der Waals surface area contributed by atoms with Gasteiger partial charge in [-0.15, -0.1) is 0 Å². The first kappa shape index (κ1) is 15.1. The standard InChI is InChI=1S/C18H26O2/c1-4-20-16-9-7-8-15(12-16)17(19)18(13-14(2)3)10-5-6-11-18/h7-9,12,14H,4-6,10-11,13H2,1-3H3. The summed E-state index contributed by atoms with van der Waals surface area (Å²) in [7, 11) is 0. The largest absolute Gasteiger partial charge is 0.494 e. The van der Waals surface area contributed by atoms with Gasteiger partial charge < -0.3 is 4.74 Å². The second-order valence-corrected chi connectivity index (χ2v) is 6.38. The van der Waals surface area contributed by atoms with Gasteiger partial charge >= 0.3 is 0 Å². The molecule has 0 spiro atoms. The van der Waals surface area contributed by atoms with Crippen molar-refractivity contribution in [3.63, 3.8) is 0 Å². The fraction of sp³-hybridized carbons (Fsp3) is 0.611. The summed E-state index contributed by atoms with van der Waals surface area (Å²) in [5.41, 5.74) is 0.692. The molecule has 0 heterocycles. The van der Waals surface area contributed by atoms with E-state index in [2.05, 4.69) is 13.8 Å². The van der Waals surface area contributed by atoms with Crippen LogP contribution in [0.25, 0.3) is 0 Å². The highest BCUT2D eigenvalue weighted by molar-refractivity contribution is 6.01. The van der Waals surface area contributed by atoms with Gasteiger partial charge in [0, 0.05) is 11.0 Å². The number of hydrogen-bond donors (Lipinski definition) is 0. The minimum Gasteiger partial charge on any atom is -0.494 e. The van der Waals surface area contributed by atoms with Crippen molar-refractivity contribution >= 4 is 5.78 Å². The van der Waals surface area contributed by atoms with E-state index in [0.29, 0.717) is 18.3 Å². The number of hydrogen-bond acceptors (Lipinski definition) is 2. The van der Waals surface area contributed by atoms with E-state index in [0.717, 1.165) is 30.6 Å². The zero-order chi connectivity index (χ0) is 14.6. The summed E-state index contributed by atoms with van der Waals surface area (Å²) in [4.78, 5) is 13.0. The SMILES string of the molecule is CCOc1cccc(C(=O)C2(CC(C)C)CCCC2)c1. The van der Waals surface area contributed by atoms with Gasteiger partial charge in [0.1, 0.15) is 5.75 Å². The van der Waals surface area contributed by atoms with Gasteiger partial charge in [-0.05, 0) is 44.2 Å². The van der Waals surface area contributed by atoms with Crippen LogP contribution in [-0.2, 0) is 0 Å². The van der Waals surface area contributed by atoms with Crippen LogP contribution in [0.2, 0.25) is 0 Å². The average molecular weight is 274 g/mol. The second kappa shape index (κ2) is 6.43. The second-order valence-electron chi connectivity index (χ2n) is 6.38. The summed E-state index contributed by atoms with van der Waals surface area (Å²) in [6, 6.07) is 7.69. The monoisotopic (exact) mass is 274 g/mol. The fourth-order valence-corrected chi connectivity index (χ4v) is 3.56. The lowest BCUT2D eigenvalue weighted by atomic mass is 9.73. The smallest absolute Gasteiger partial charge is 0.169 e. The molecule has 2 nitrogen and oxygen atoms in total. The molecule has 0 unspecified atom stereocenters. The lowest BCUT2D eigenvalue weighted by molar-refractivity contribution is 0.0759. The van der Waals surface area contributed by atoms with Crippen molar-refractivity contribution in [3.05, 3.63) is 29.8 Å². The Morgan fingerprint density at radius 1 is 1.30 bits per heavy atom. The van der Waals surface area contributed by atoms with Gasteiger partial charge in [0.05, 0.1) is 6.61 Å². The molecule has 0 amide bonds. The molecule has 0 saturated heterocycles. The molecule has 20 heavy (non-hydrogen) atoms. The molecule has 1 aliphatic carbocycles. The van der Waals surface area contributed by atoms with Crippen LogP contribution in [0.1, 0.15) is 63.2 Å². The number of carbonyl (C=O) groups excluding carboxylic acids is 1. The molecule has 2 rings (SSSR count). The summed E-state index contributed by atoms with van der Waals surface area (Å²) in [5.74, 6) is 1.69. The normalized spacial score (nSPS) is 17.4. The summed E-state index contributed by atoms with van der Waals surface area (Å²) in [6.07, 6.45) is 5.46. The van der Waals surface area contributed by atoms with E-state index in [1.54, 1.807) is 0 Å². The maximum absolute atomic E-state index is 13.0. The number of Topliss-reactive ketones (excluding diaryl/α,β-unsaturated/α-hetero) is 1. The molecule has 0 radical (unpaired) electrons. The third-order valence-electron chi connectivity index (χ3n) is 4.25. The lowest BCUT2D eigenvalue weighted by Gasteiger charge is -2.29. The molecular weight excluding hydrogens is 248 g/mol. The van der Waals surface area contributed by atoms with E-state index in [1.807, 2.05) is 31.2 Å². The van der Waals surface area contributed by atoms with Crippen molar-refractivity contribution in [1.29, 1.82) is 0 Å². The van der Waals surface area contributed by atoms with Gasteiger partial charge in [-0.25, -0.2) is 0 Å². The zero-order valence-corrected chi connectivity index (χ0v) is 12.9. The Hall–Kier alpha value is -1.31. The van der Waals surface area contributed by atoms with Crippen molar-refractivity contribution in [3.8, 4) is 5.75 Å². The van der Waals surface area contributed by atoms with Gasteiger partial charge in [-0.1, -0.05) is 38.8 Å². The van der Waals surface area contributed by atoms with Crippen LogP contribution < -0.4 is 4.74 Å². The van der Waals surface area contributed by atoms with Crippen LogP contribution in [0.3, 0.4) is 0 Å². The van der Waals surface area contributed by atoms with E-state index in [4.69, 9.17) is 4.74 Å². The minimum absolute atomic E-state index is 0.126. The van der Waals surface area contributed by atoms with E-state index < -0.39 is 0 Å². The zero-order valence-electron chi connectivity index (χ0n) is 12.9. The van der Waals surface area contributed by atoms with Crippen LogP contribution in [0.5, 0.6) is 5.75 Å². The predicted octanol–water partition coefficient (Wildman–Crippen LogP) is 4.87. The van der Waals surface area contributed by atoms with Crippen molar-refractivity contribution in [1.82, 2.24) is 0 Å². The van der Waals surface area contributed by atoms with Crippen molar-refractivity contribution in [2.75, 3.05) is 6.61 Å². The Kier molecular flexibility index (Phi) is 4.85. The fourth-order valence-electron chi connectivity index (χ4n) is 3.56. The maximum atomic E-state index is 13.0. The Morgan fingerprint density at radius 3 is 2.60 bits per heavy atom. The highest BCUT2D eigenvalue weighted by Gasteiger charge is 2.41. The Bertz CT molecular complexity index is 456. The summed E-state index contributed by atoms with van der Waals surface area (Å²) in [6.45, 7) is 7.02. The van der Waals surface area contributed by atoms with Gasteiger partial charge in [0.2, 0.25) is 0 Å². The molecule has 1 saturated carbocycles. The lowest BCUT2D eigenvalue weighted by Crippen LogP contribution is -2.30. The van der Waals surface area contributed by atoms with Crippen LogP contribution in [0.15, 0.2) is 24.3 Å². The molecule has 1 aromatic carbocycles. The van der Waals surface area contributed by atoms with E-state index in [1.165, 1.54) is 12.8 Å².